The van der Waals surface area contributed by atoms with Crippen LogP contribution in [0.5, 0.6) is 28.7 Å². The fraction of sp³-hybridized carbons (Fsp3) is 0.211. The average Bonchev–Trinajstić information content (AvgIpc) is 3.33. The zero-order chi connectivity index (χ0) is 18.5. The largest absolute Gasteiger partial charge is 0.493 e. The van der Waals surface area contributed by atoms with Crippen molar-refractivity contribution in [2.24, 2.45) is 5.73 Å². The molecule has 8 nitrogen and oxygen atoms in total. The van der Waals surface area contributed by atoms with Gasteiger partial charge in [0.05, 0.1) is 13.0 Å². The van der Waals surface area contributed by atoms with Gasteiger partial charge in [0.15, 0.2) is 17.2 Å². The number of allylic oxidation sites excluding steroid dienone is 1. The number of methoxy groups -OCH3 is 1. The summed E-state index contributed by atoms with van der Waals surface area (Å²) in [7, 11) is 1.55. The van der Waals surface area contributed by atoms with Gasteiger partial charge < -0.3 is 29.6 Å². The molecule has 3 heterocycles. The Balaban J connectivity index is 1.73. The third kappa shape index (κ3) is 2.26. The molecule has 1 unspecified atom stereocenters. The minimum Gasteiger partial charge on any atom is -0.493 e. The van der Waals surface area contributed by atoms with Crippen LogP contribution in [-0.2, 0) is 11.5 Å². The van der Waals surface area contributed by atoms with Crippen molar-refractivity contribution >= 4 is 0 Å². The number of nitrogens with zero attached hydrogens (tertiary/aromatic N) is 1. The Morgan fingerprint density at radius 2 is 1.96 bits per heavy atom. The first kappa shape index (κ1) is 15.7. The molecule has 0 fully saturated rings. The van der Waals surface area contributed by atoms with Crippen LogP contribution >= 0.6 is 0 Å². The van der Waals surface area contributed by atoms with Gasteiger partial charge in [-0.05, 0) is 23.8 Å². The van der Waals surface area contributed by atoms with Crippen molar-refractivity contribution in [2.45, 2.75) is 12.5 Å². The maximum Gasteiger partial charge on any atom is 0.231 e. The van der Waals surface area contributed by atoms with E-state index < -0.39 is 5.92 Å². The molecule has 5 rings (SSSR count). The van der Waals surface area contributed by atoms with E-state index in [9.17, 15) is 5.26 Å². The summed E-state index contributed by atoms with van der Waals surface area (Å²) in [6.45, 7) is 0.427. The van der Waals surface area contributed by atoms with E-state index in [1.54, 1.807) is 13.2 Å². The number of fused-ring (bicyclic) bond motifs is 3. The van der Waals surface area contributed by atoms with E-state index in [4.69, 9.17) is 34.5 Å². The number of ether oxygens (including phenoxy) is 4. The lowest BCUT2D eigenvalue weighted by Crippen LogP contribution is -2.21. The molecule has 2 aromatic rings. The van der Waals surface area contributed by atoms with Crippen molar-refractivity contribution in [2.75, 3.05) is 13.9 Å². The van der Waals surface area contributed by atoms with Crippen LogP contribution in [0.25, 0.3) is 0 Å². The smallest absolute Gasteiger partial charge is 0.231 e. The Morgan fingerprint density at radius 1 is 1.15 bits per heavy atom. The lowest BCUT2D eigenvalue weighted by atomic mass is 9.82. The first-order valence-corrected chi connectivity index (χ1v) is 8.21. The molecule has 2 aromatic carbocycles. The minimum absolute atomic E-state index is 0.0563. The molecule has 0 bridgehead atoms. The van der Waals surface area contributed by atoms with Crippen LogP contribution in [0.1, 0.15) is 22.6 Å². The third-order valence-electron chi connectivity index (χ3n) is 4.77. The highest BCUT2D eigenvalue weighted by Gasteiger charge is 2.35. The second-order valence-electron chi connectivity index (χ2n) is 6.23. The van der Waals surface area contributed by atoms with E-state index in [1.807, 2.05) is 18.2 Å². The summed E-state index contributed by atoms with van der Waals surface area (Å²) < 4.78 is 22.0. The highest BCUT2D eigenvalue weighted by Crippen LogP contribution is 2.49. The lowest BCUT2D eigenvalue weighted by molar-refractivity contribution is -0.195. The lowest BCUT2D eigenvalue weighted by Gasteiger charge is -2.27. The van der Waals surface area contributed by atoms with Crippen LogP contribution in [0.2, 0.25) is 0 Å². The standard InChI is InChI=1S/C19H14N2O6/c1-22-16-3-9(2-10-7-25-27-18(10)16)17-11-4-14-15(24-8-23-14)5-13(11)26-19(21)12(17)6-20/h2-5,17H,7-8,21H2,1H3. The fourth-order valence-corrected chi connectivity index (χ4v) is 3.55. The summed E-state index contributed by atoms with van der Waals surface area (Å²) in [5.41, 5.74) is 8.74. The Morgan fingerprint density at radius 3 is 2.74 bits per heavy atom. The maximum atomic E-state index is 9.73. The third-order valence-corrected chi connectivity index (χ3v) is 4.77. The minimum atomic E-state index is -0.451. The first-order chi connectivity index (χ1) is 13.2. The summed E-state index contributed by atoms with van der Waals surface area (Å²) in [6, 6.07) is 9.44. The highest BCUT2D eigenvalue weighted by molar-refractivity contribution is 5.63. The predicted molar refractivity (Wildman–Crippen MR) is 90.3 cm³/mol. The number of rotatable bonds is 2. The second-order valence-corrected chi connectivity index (χ2v) is 6.23. The topological polar surface area (TPSA) is 105 Å². The van der Waals surface area contributed by atoms with Crippen molar-refractivity contribution in [3.63, 3.8) is 0 Å². The van der Waals surface area contributed by atoms with Gasteiger partial charge in [-0.15, -0.1) is 0 Å². The Labute approximate surface area is 154 Å². The number of nitriles is 1. The zero-order valence-corrected chi connectivity index (χ0v) is 14.3. The summed E-state index contributed by atoms with van der Waals surface area (Å²) >= 11 is 0. The Kier molecular flexibility index (Phi) is 3.32. The molecule has 0 saturated carbocycles. The summed E-state index contributed by atoms with van der Waals surface area (Å²) in [5.74, 6) is 2.36. The van der Waals surface area contributed by atoms with Crippen LogP contribution in [0, 0.1) is 11.3 Å². The Bertz CT molecular complexity index is 1040. The van der Waals surface area contributed by atoms with Gasteiger partial charge in [0, 0.05) is 17.2 Å². The van der Waals surface area contributed by atoms with Gasteiger partial charge in [0.1, 0.15) is 24.0 Å². The van der Waals surface area contributed by atoms with Crippen molar-refractivity contribution in [3.8, 4) is 34.8 Å². The molecule has 1 atom stereocenters. The molecule has 0 aromatic heterocycles. The number of nitrogens with two attached hydrogens (primary N) is 1. The molecule has 27 heavy (non-hydrogen) atoms. The molecule has 0 radical (unpaired) electrons. The molecule has 8 heteroatoms. The van der Waals surface area contributed by atoms with E-state index in [-0.39, 0.29) is 19.3 Å². The molecule has 0 saturated heterocycles. The molecule has 136 valence electrons. The zero-order valence-electron chi connectivity index (χ0n) is 14.3. The average molecular weight is 366 g/mol. The molecular weight excluding hydrogens is 352 g/mol. The van der Waals surface area contributed by atoms with Crippen LogP contribution in [0.15, 0.2) is 35.7 Å². The van der Waals surface area contributed by atoms with E-state index >= 15 is 0 Å². The first-order valence-electron chi connectivity index (χ1n) is 8.21. The van der Waals surface area contributed by atoms with Crippen molar-refractivity contribution in [3.05, 3.63) is 52.4 Å². The maximum absolute atomic E-state index is 9.73. The van der Waals surface area contributed by atoms with Gasteiger partial charge >= 0.3 is 0 Å². The molecule has 0 spiro atoms. The van der Waals surface area contributed by atoms with Gasteiger partial charge in [-0.1, -0.05) is 0 Å². The molecule has 2 N–H and O–H groups in total. The summed E-state index contributed by atoms with van der Waals surface area (Å²) in [4.78, 5) is 10.2. The fourth-order valence-electron chi connectivity index (χ4n) is 3.55. The Hall–Kier alpha value is -3.57. The van der Waals surface area contributed by atoms with Crippen LogP contribution in [-0.4, -0.2) is 13.9 Å². The van der Waals surface area contributed by atoms with Crippen LogP contribution in [0.4, 0.5) is 0 Å². The molecule has 3 aliphatic heterocycles. The van der Waals surface area contributed by atoms with E-state index in [1.165, 1.54) is 0 Å². The summed E-state index contributed by atoms with van der Waals surface area (Å²) in [5, 5.41) is 9.73. The summed E-state index contributed by atoms with van der Waals surface area (Å²) in [6.07, 6.45) is 0. The quantitative estimate of drug-likeness (QED) is 0.808. The van der Waals surface area contributed by atoms with Gasteiger partial charge in [0.2, 0.25) is 18.4 Å². The molecule has 3 aliphatic rings. The SMILES string of the molecule is COc1cc(C2C(C#N)=C(N)Oc3cc4c(cc32)OCO4)cc2c1OOC2. The van der Waals surface area contributed by atoms with E-state index in [0.717, 1.165) is 16.7 Å². The van der Waals surface area contributed by atoms with E-state index in [0.29, 0.717) is 34.3 Å². The molecule has 0 amide bonds. The van der Waals surface area contributed by atoms with Gasteiger partial charge in [0.25, 0.3) is 0 Å². The number of benzene rings is 2. The highest BCUT2D eigenvalue weighted by atomic mass is 17.2. The second kappa shape index (κ2) is 5.72. The van der Waals surface area contributed by atoms with Crippen LogP contribution in [0.3, 0.4) is 0 Å². The van der Waals surface area contributed by atoms with Crippen LogP contribution < -0.4 is 29.6 Å². The van der Waals surface area contributed by atoms with Crippen molar-refractivity contribution in [1.29, 1.82) is 5.26 Å². The van der Waals surface area contributed by atoms with Gasteiger partial charge in [-0.25, -0.2) is 0 Å². The van der Waals surface area contributed by atoms with Gasteiger partial charge in [-0.2, -0.15) is 10.1 Å². The van der Waals surface area contributed by atoms with E-state index in [2.05, 4.69) is 6.07 Å². The number of hydrogen-bond donors (Lipinski definition) is 1. The van der Waals surface area contributed by atoms with Crippen molar-refractivity contribution < 1.29 is 28.7 Å². The normalized spacial score (nSPS) is 18.9. The van der Waals surface area contributed by atoms with Gasteiger partial charge in [-0.3, -0.25) is 0 Å². The molecular formula is C19H14N2O6. The monoisotopic (exact) mass is 366 g/mol. The number of hydrogen-bond acceptors (Lipinski definition) is 8. The van der Waals surface area contributed by atoms with Crippen molar-refractivity contribution in [1.82, 2.24) is 0 Å². The predicted octanol–water partition coefficient (Wildman–Crippen LogP) is 2.47. The molecule has 0 aliphatic carbocycles.